The molecule has 0 atom stereocenters. The van der Waals surface area contributed by atoms with Crippen molar-refractivity contribution in [1.29, 1.82) is 0 Å². The van der Waals surface area contributed by atoms with Crippen LogP contribution in [0.5, 0.6) is 0 Å². The van der Waals surface area contributed by atoms with E-state index in [1.165, 1.54) is 0 Å². The highest BCUT2D eigenvalue weighted by Crippen LogP contribution is 2.16. The Morgan fingerprint density at radius 2 is 1.72 bits per heavy atom. The highest BCUT2D eigenvalue weighted by Gasteiger charge is 2.30. The molecule has 6 heteroatoms. The first-order valence-electron chi connectivity index (χ1n) is 6.68. The number of rotatable bonds is 6. The van der Waals surface area contributed by atoms with Gasteiger partial charge in [0, 0.05) is 38.3 Å². The van der Waals surface area contributed by atoms with Gasteiger partial charge in [0.2, 0.25) is 10.0 Å². The van der Waals surface area contributed by atoms with Gasteiger partial charge in [-0.1, -0.05) is 6.92 Å². The maximum Gasteiger partial charge on any atom is 0.211 e. The number of nitrogens with one attached hydrogen (secondary N) is 1. The van der Waals surface area contributed by atoms with E-state index in [-0.39, 0.29) is 11.3 Å². The molecule has 0 aromatic rings. The molecule has 1 heterocycles. The summed E-state index contributed by atoms with van der Waals surface area (Å²) in [6.07, 6.45) is 0.657. The molecule has 0 bridgehead atoms. The molecule has 0 aromatic heterocycles. The molecule has 0 amide bonds. The van der Waals surface area contributed by atoms with E-state index in [1.54, 1.807) is 0 Å². The molecule has 5 nitrogen and oxygen atoms in total. The molecular weight excluding hydrogens is 250 g/mol. The molecule has 1 saturated heterocycles. The molecule has 108 valence electrons. The monoisotopic (exact) mass is 277 g/mol. The fourth-order valence-electron chi connectivity index (χ4n) is 2.15. The fraction of sp³-hybridized carbons (Fsp3) is 1.00. The van der Waals surface area contributed by atoms with Crippen LogP contribution in [0.4, 0.5) is 0 Å². The van der Waals surface area contributed by atoms with Crippen molar-refractivity contribution in [2.75, 3.05) is 45.5 Å². The SMILES string of the molecule is CCCS(=O)(=O)NCC(C)(C)N1CCN(C)CC1. The van der Waals surface area contributed by atoms with E-state index in [9.17, 15) is 8.42 Å². The van der Waals surface area contributed by atoms with E-state index in [0.717, 1.165) is 26.2 Å². The van der Waals surface area contributed by atoms with Gasteiger partial charge in [-0.25, -0.2) is 13.1 Å². The number of likely N-dealkylation sites (N-methyl/N-ethyl adjacent to an activating group) is 1. The van der Waals surface area contributed by atoms with Crippen molar-refractivity contribution in [3.8, 4) is 0 Å². The molecule has 0 aliphatic carbocycles. The van der Waals surface area contributed by atoms with Crippen molar-refractivity contribution in [1.82, 2.24) is 14.5 Å². The van der Waals surface area contributed by atoms with Gasteiger partial charge in [-0.05, 0) is 27.3 Å². The average Bonchev–Trinajstić information content (AvgIpc) is 2.27. The highest BCUT2D eigenvalue weighted by atomic mass is 32.2. The first-order valence-corrected chi connectivity index (χ1v) is 8.33. The number of hydrogen-bond acceptors (Lipinski definition) is 4. The number of nitrogens with zero attached hydrogens (tertiary/aromatic N) is 2. The Balaban J connectivity index is 2.49. The quantitative estimate of drug-likeness (QED) is 0.761. The summed E-state index contributed by atoms with van der Waals surface area (Å²) in [6, 6.07) is 0. The Hall–Kier alpha value is -0.170. The summed E-state index contributed by atoms with van der Waals surface area (Å²) in [4.78, 5) is 4.66. The van der Waals surface area contributed by atoms with Crippen LogP contribution in [0.2, 0.25) is 0 Å². The van der Waals surface area contributed by atoms with Crippen molar-refractivity contribution in [3.05, 3.63) is 0 Å². The second kappa shape index (κ2) is 6.32. The number of hydrogen-bond donors (Lipinski definition) is 1. The third-order valence-corrected chi connectivity index (χ3v) is 5.09. The molecule has 1 aliphatic heterocycles. The zero-order chi connectivity index (χ0) is 13.8. The molecule has 0 aromatic carbocycles. The predicted molar refractivity (Wildman–Crippen MR) is 75.2 cm³/mol. The molecule has 1 rings (SSSR count). The summed E-state index contributed by atoms with van der Waals surface area (Å²) in [7, 11) is -0.982. The lowest BCUT2D eigenvalue weighted by atomic mass is 10.0. The van der Waals surface area contributed by atoms with Gasteiger partial charge in [-0.2, -0.15) is 0 Å². The Bertz CT molecular complexity index is 346. The van der Waals surface area contributed by atoms with Crippen LogP contribution >= 0.6 is 0 Å². The van der Waals surface area contributed by atoms with Crippen LogP contribution in [0.15, 0.2) is 0 Å². The standard InChI is InChI=1S/C12H27N3O2S/c1-5-10-18(16,17)13-11-12(2,3)15-8-6-14(4)7-9-15/h13H,5-11H2,1-4H3. The van der Waals surface area contributed by atoms with Crippen LogP contribution in [0, 0.1) is 0 Å². The Labute approximate surface area is 112 Å². The summed E-state index contributed by atoms with van der Waals surface area (Å²) in [5, 5.41) is 0. The molecule has 1 fully saturated rings. The van der Waals surface area contributed by atoms with Crippen LogP contribution < -0.4 is 4.72 Å². The van der Waals surface area contributed by atoms with Gasteiger partial charge >= 0.3 is 0 Å². The van der Waals surface area contributed by atoms with Crippen LogP contribution in [-0.4, -0.2) is 69.3 Å². The zero-order valence-corrected chi connectivity index (χ0v) is 12.9. The minimum atomic E-state index is -3.10. The van der Waals surface area contributed by atoms with Crippen LogP contribution in [0.25, 0.3) is 0 Å². The van der Waals surface area contributed by atoms with E-state index < -0.39 is 10.0 Å². The first-order chi connectivity index (χ1) is 8.27. The van der Waals surface area contributed by atoms with E-state index in [2.05, 4.69) is 35.4 Å². The summed E-state index contributed by atoms with van der Waals surface area (Å²) < 4.78 is 26.1. The van der Waals surface area contributed by atoms with Gasteiger partial charge in [0.25, 0.3) is 0 Å². The molecule has 0 saturated carbocycles. The van der Waals surface area contributed by atoms with Gasteiger partial charge in [-0.15, -0.1) is 0 Å². The minimum Gasteiger partial charge on any atom is -0.304 e. The predicted octanol–water partition coefficient (Wildman–Crippen LogP) is 0.342. The van der Waals surface area contributed by atoms with Crippen molar-refractivity contribution < 1.29 is 8.42 Å². The fourth-order valence-corrected chi connectivity index (χ4v) is 3.41. The summed E-state index contributed by atoms with van der Waals surface area (Å²) >= 11 is 0. The van der Waals surface area contributed by atoms with E-state index in [1.807, 2.05) is 6.92 Å². The minimum absolute atomic E-state index is 0.123. The van der Waals surface area contributed by atoms with E-state index >= 15 is 0 Å². The van der Waals surface area contributed by atoms with Crippen molar-refractivity contribution in [2.45, 2.75) is 32.7 Å². The maximum absolute atomic E-state index is 11.7. The topological polar surface area (TPSA) is 52.7 Å². The molecular formula is C12H27N3O2S. The smallest absolute Gasteiger partial charge is 0.211 e. The summed E-state index contributed by atoms with van der Waals surface area (Å²) in [5.74, 6) is 0.214. The Morgan fingerprint density at radius 3 is 2.22 bits per heavy atom. The van der Waals surface area contributed by atoms with Gasteiger partial charge < -0.3 is 4.90 Å². The lowest BCUT2D eigenvalue weighted by molar-refractivity contribution is 0.0652. The van der Waals surface area contributed by atoms with Gasteiger partial charge in [0.1, 0.15) is 0 Å². The summed E-state index contributed by atoms with van der Waals surface area (Å²) in [6.45, 7) is 10.7. The number of sulfonamides is 1. The largest absolute Gasteiger partial charge is 0.304 e. The Morgan fingerprint density at radius 1 is 1.17 bits per heavy atom. The van der Waals surface area contributed by atoms with E-state index in [4.69, 9.17) is 0 Å². The van der Waals surface area contributed by atoms with Crippen LogP contribution in [0.3, 0.4) is 0 Å². The highest BCUT2D eigenvalue weighted by molar-refractivity contribution is 7.89. The van der Waals surface area contributed by atoms with Gasteiger partial charge in [0.15, 0.2) is 0 Å². The third-order valence-electron chi connectivity index (χ3n) is 3.56. The second-order valence-electron chi connectivity index (χ2n) is 5.74. The van der Waals surface area contributed by atoms with Crippen molar-refractivity contribution >= 4 is 10.0 Å². The first kappa shape index (κ1) is 15.9. The van der Waals surface area contributed by atoms with Crippen molar-refractivity contribution in [3.63, 3.8) is 0 Å². The zero-order valence-electron chi connectivity index (χ0n) is 12.1. The van der Waals surface area contributed by atoms with Gasteiger partial charge in [0.05, 0.1) is 5.75 Å². The molecule has 0 unspecified atom stereocenters. The molecule has 18 heavy (non-hydrogen) atoms. The van der Waals surface area contributed by atoms with Crippen molar-refractivity contribution in [2.24, 2.45) is 0 Å². The van der Waals surface area contributed by atoms with Crippen LogP contribution in [0.1, 0.15) is 27.2 Å². The van der Waals surface area contributed by atoms with E-state index in [0.29, 0.717) is 13.0 Å². The maximum atomic E-state index is 11.7. The normalized spacial score (nSPS) is 20.2. The van der Waals surface area contributed by atoms with Gasteiger partial charge in [-0.3, -0.25) is 4.90 Å². The summed E-state index contributed by atoms with van der Waals surface area (Å²) in [5.41, 5.74) is -0.123. The average molecular weight is 277 g/mol. The van der Waals surface area contributed by atoms with Crippen LogP contribution in [-0.2, 0) is 10.0 Å². The Kier molecular flexibility index (Phi) is 5.58. The molecule has 1 aliphatic rings. The molecule has 0 spiro atoms. The molecule has 1 N–H and O–H groups in total. The lowest BCUT2D eigenvalue weighted by Gasteiger charge is -2.43. The third kappa shape index (κ3) is 4.84. The number of piperazine rings is 1. The lowest BCUT2D eigenvalue weighted by Crippen LogP contribution is -2.57. The second-order valence-corrected chi connectivity index (χ2v) is 7.67. The molecule has 0 radical (unpaired) electrons.